The molecule has 154 valence electrons. The summed E-state index contributed by atoms with van der Waals surface area (Å²) in [4.78, 5) is 21.4. The molecule has 0 saturated carbocycles. The zero-order chi connectivity index (χ0) is 21.4. The number of nitrogens with zero attached hydrogens (tertiary/aromatic N) is 2. The molecule has 5 rings (SSSR count). The molecule has 0 radical (unpaired) electrons. The number of furan rings is 1. The van der Waals surface area contributed by atoms with E-state index < -0.39 is 0 Å². The number of fused-ring (bicyclic) bond motifs is 1. The van der Waals surface area contributed by atoms with Crippen LogP contribution in [0.2, 0.25) is 5.02 Å². The quantitative estimate of drug-likeness (QED) is 0.406. The molecule has 0 atom stereocenters. The van der Waals surface area contributed by atoms with E-state index in [0.29, 0.717) is 35.1 Å². The number of H-pyrrole nitrogens is 1. The van der Waals surface area contributed by atoms with Gasteiger partial charge in [-0.2, -0.15) is 0 Å². The highest BCUT2D eigenvalue weighted by molar-refractivity contribution is 6.30. The lowest BCUT2D eigenvalue weighted by Gasteiger charge is -2.14. The maximum atomic E-state index is 13.2. The van der Waals surface area contributed by atoms with Gasteiger partial charge in [-0.3, -0.25) is 9.36 Å². The van der Waals surface area contributed by atoms with Gasteiger partial charge in [0, 0.05) is 23.2 Å². The molecule has 1 N–H and O–H groups in total. The van der Waals surface area contributed by atoms with Crippen LogP contribution in [-0.2, 0) is 12.8 Å². The highest BCUT2D eigenvalue weighted by Crippen LogP contribution is 2.27. The molecule has 31 heavy (non-hydrogen) atoms. The molecule has 0 spiro atoms. The average molecular weight is 430 g/mol. The second-order valence-corrected chi connectivity index (χ2v) is 8.08. The molecule has 1 aromatic heterocycles. The van der Waals surface area contributed by atoms with E-state index in [4.69, 9.17) is 16.0 Å². The van der Waals surface area contributed by atoms with Gasteiger partial charge in [-0.25, -0.2) is 4.98 Å². The van der Waals surface area contributed by atoms with Gasteiger partial charge in [0.1, 0.15) is 11.5 Å². The van der Waals surface area contributed by atoms with Gasteiger partial charge in [-0.05, 0) is 48.4 Å². The van der Waals surface area contributed by atoms with E-state index in [1.807, 2.05) is 55.5 Å². The second-order valence-electron chi connectivity index (χ2n) is 7.64. The number of hydrogen-bond acceptors (Lipinski definition) is 3. The lowest BCUT2D eigenvalue weighted by molar-refractivity contribution is 0.519. The van der Waals surface area contributed by atoms with Gasteiger partial charge in [0.05, 0.1) is 24.1 Å². The SMILES string of the molecule is Cc1cc(Cl)cc(-c2cn3c(=O)c(Cc4ccco4)nc-3c(Cc3ccccc3)[nH]2)c1. The number of aromatic nitrogens is 3. The second kappa shape index (κ2) is 7.93. The Labute approximate surface area is 184 Å². The van der Waals surface area contributed by atoms with Gasteiger partial charge in [0.15, 0.2) is 5.82 Å². The first-order valence-corrected chi connectivity index (χ1v) is 10.4. The zero-order valence-electron chi connectivity index (χ0n) is 16.9. The van der Waals surface area contributed by atoms with E-state index >= 15 is 0 Å². The summed E-state index contributed by atoms with van der Waals surface area (Å²) in [6.07, 6.45) is 4.37. The van der Waals surface area contributed by atoms with E-state index in [1.165, 1.54) is 0 Å². The summed E-state index contributed by atoms with van der Waals surface area (Å²) in [5.41, 5.74) is 5.08. The van der Waals surface area contributed by atoms with Crippen LogP contribution in [0.1, 0.15) is 28.3 Å². The van der Waals surface area contributed by atoms with E-state index in [-0.39, 0.29) is 5.56 Å². The van der Waals surface area contributed by atoms with Crippen LogP contribution in [-0.4, -0.2) is 14.5 Å². The maximum absolute atomic E-state index is 13.2. The molecule has 0 amide bonds. The number of rotatable bonds is 5. The summed E-state index contributed by atoms with van der Waals surface area (Å²) in [5.74, 6) is 1.33. The Morgan fingerprint density at radius 1 is 1.06 bits per heavy atom. The van der Waals surface area contributed by atoms with Crippen molar-refractivity contribution in [2.45, 2.75) is 19.8 Å². The summed E-state index contributed by atoms with van der Waals surface area (Å²) in [7, 11) is 0. The molecule has 5 nitrogen and oxygen atoms in total. The van der Waals surface area contributed by atoms with Crippen molar-refractivity contribution < 1.29 is 4.42 Å². The number of hydrogen-bond donors (Lipinski definition) is 1. The Hall–Kier alpha value is -3.57. The first-order chi connectivity index (χ1) is 15.1. The summed E-state index contributed by atoms with van der Waals surface area (Å²) in [5, 5.41) is 0.652. The molecule has 6 heteroatoms. The maximum Gasteiger partial charge on any atom is 0.278 e. The number of halogens is 1. The largest absolute Gasteiger partial charge is 0.469 e. The molecule has 3 aromatic rings. The van der Waals surface area contributed by atoms with Crippen LogP contribution >= 0.6 is 11.6 Å². The lowest BCUT2D eigenvalue weighted by atomic mass is 10.1. The molecular formula is C25H20ClN3O2. The Morgan fingerprint density at radius 3 is 2.65 bits per heavy atom. The van der Waals surface area contributed by atoms with Crippen molar-refractivity contribution in [2.24, 2.45) is 0 Å². The molecule has 0 aliphatic carbocycles. The van der Waals surface area contributed by atoms with Gasteiger partial charge >= 0.3 is 0 Å². The predicted molar refractivity (Wildman–Crippen MR) is 121 cm³/mol. The molecule has 2 aromatic carbocycles. The number of nitrogens with one attached hydrogen (secondary N) is 1. The van der Waals surface area contributed by atoms with Crippen LogP contribution in [0.25, 0.3) is 17.1 Å². The number of benzene rings is 2. The Bertz CT molecular complexity index is 1350. The summed E-state index contributed by atoms with van der Waals surface area (Å²) < 4.78 is 7.05. The van der Waals surface area contributed by atoms with Gasteiger partial charge in [-0.1, -0.05) is 41.9 Å². The fourth-order valence-electron chi connectivity index (χ4n) is 3.83. The Kier molecular flexibility index (Phi) is 4.96. The van der Waals surface area contributed by atoms with E-state index in [1.54, 1.807) is 17.0 Å². The van der Waals surface area contributed by atoms with E-state index in [0.717, 1.165) is 28.1 Å². The van der Waals surface area contributed by atoms with Crippen LogP contribution in [0.15, 0.2) is 82.3 Å². The number of aryl methyl sites for hydroxylation is 1. The lowest BCUT2D eigenvalue weighted by Crippen LogP contribution is -2.17. The fraction of sp³-hybridized carbons (Fsp3) is 0.120. The first-order valence-electron chi connectivity index (χ1n) is 10.0. The van der Waals surface area contributed by atoms with Gasteiger partial charge in [-0.15, -0.1) is 0 Å². The van der Waals surface area contributed by atoms with E-state index in [2.05, 4.69) is 22.1 Å². The molecule has 3 heterocycles. The van der Waals surface area contributed by atoms with Crippen molar-refractivity contribution in [3.8, 4) is 17.1 Å². The van der Waals surface area contributed by atoms with Crippen LogP contribution in [0, 0.1) is 6.92 Å². The summed E-state index contributed by atoms with van der Waals surface area (Å²) in [6, 6.07) is 19.6. The first kappa shape index (κ1) is 19.4. The van der Waals surface area contributed by atoms with Crippen molar-refractivity contribution in [2.75, 3.05) is 0 Å². The predicted octanol–water partition coefficient (Wildman–Crippen LogP) is 5.40. The monoisotopic (exact) mass is 429 g/mol. The van der Waals surface area contributed by atoms with Crippen LogP contribution in [0.4, 0.5) is 0 Å². The number of aromatic amines is 1. The van der Waals surface area contributed by atoms with E-state index in [9.17, 15) is 4.79 Å². The summed E-state index contributed by atoms with van der Waals surface area (Å²) in [6.45, 7) is 2.00. The minimum atomic E-state index is -0.144. The Balaban J connectivity index is 1.68. The Morgan fingerprint density at radius 2 is 1.90 bits per heavy atom. The third-order valence-corrected chi connectivity index (χ3v) is 5.47. The van der Waals surface area contributed by atoms with Crippen LogP contribution < -0.4 is 5.56 Å². The minimum absolute atomic E-state index is 0.144. The molecule has 2 aliphatic rings. The number of imidazole rings is 1. The highest BCUT2D eigenvalue weighted by Gasteiger charge is 2.21. The zero-order valence-corrected chi connectivity index (χ0v) is 17.7. The molecule has 2 aliphatic heterocycles. The van der Waals surface area contributed by atoms with Crippen molar-refractivity contribution in [3.05, 3.63) is 117 Å². The van der Waals surface area contributed by atoms with Crippen molar-refractivity contribution in [1.82, 2.24) is 14.5 Å². The third-order valence-electron chi connectivity index (χ3n) is 5.25. The van der Waals surface area contributed by atoms with Gasteiger partial charge in [0.25, 0.3) is 5.56 Å². The molecule has 0 fully saturated rings. The normalized spacial score (nSPS) is 11.3. The van der Waals surface area contributed by atoms with Crippen molar-refractivity contribution in [3.63, 3.8) is 0 Å². The summed E-state index contributed by atoms with van der Waals surface area (Å²) >= 11 is 6.30. The highest BCUT2D eigenvalue weighted by atomic mass is 35.5. The van der Waals surface area contributed by atoms with Crippen molar-refractivity contribution in [1.29, 1.82) is 0 Å². The van der Waals surface area contributed by atoms with Crippen LogP contribution in [0.3, 0.4) is 0 Å². The van der Waals surface area contributed by atoms with Gasteiger partial charge < -0.3 is 9.40 Å². The minimum Gasteiger partial charge on any atom is -0.469 e. The third kappa shape index (κ3) is 3.92. The molecule has 0 saturated heterocycles. The van der Waals surface area contributed by atoms with Crippen LogP contribution in [0.5, 0.6) is 0 Å². The molecule has 0 bridgehead atoms. The molecular weight excluding hydrogens is 410 g/mol. The average Bonchev–Trinajstić information content (AvgIpc) is 3.37. The van der Waals surface area contributed by atoms with Gasteiger partial charge in [0.2, 0.25) is 0 Å². The smallest absolute Gasteiger partial charge is 0.278 e. The fourth-order valence-corrected chi connectivity index (χ4v) is 4.12. The topological polar surface area (TPSA) is 63.8 Å². The van der Waals surface area contributed by atoms with Crippen molar-refractivity contribution >= 4 is 11.6 Å². The molecule has 0 unspecified atom stereocenters. The standard InChI is InChI=1S/C25H20ClN3O2/c1-16-10-18(13-19(26)11-16)23-15-29-24(21(27-23)12-17-6-3-2-4-7-17)28-22(25(29)30)14-20-8-5-9-31-20/h2-11,13,15,27H,12,14H2,1H3.